The third kappa shape index (κ3) is 2.50. The van der Waals surface area contributed by atoms with Crippen molar-refractivity contribution in [3.05, 3.63) is 45.8 Å². The van der Waals surface area contributed by atoms with Crippen molar-refractivity contribution in [2.45, 2.75) is 13.8 Å². The average molecular weight is 274 g/mol. The highest BCUT2D eigenvalue weighted by Gasteiger charge is 2.22. The summed E-state index contributed by atoms with van der Waals surface area (Å²) in [6.45, 7) is 3.88. The molecule has 0 spiro atoms. The number of rotatable bonds is 4. The molecule has 1 aromatic heterocycles. The van der Waals surface area contributed by atoms with E-state index in [0.29, 0.717) is 0 Å². The predicted molar refractivity (Wildman–Crippen MR) is 75.7 cm³/mol. The maximum absolute atomic E-state index is 11.1. The Morgan fingerprint density at radius 1 is 1.25 bits per heavy atom. The lowest BCUT2D eigenvalue weighted by molar-refractivity contribution is -0.383. The SMILES string of the molecule is Cc1cccc(Nc2ncnc(NN)c2[N+](=O)[O-])c1C. The van der Waals surface area contributed by atoms with E-state index in [4.69, 9.17) is 5.84 Å². The van der Waals surface area contributed by atoms with Gasteiger partial charge in [-0.2, -0.15) is 0 Å². The van der Waals surface area contributed by atoms with Crippen LogP contribution in [-0.2, 0) is 0 Å². The number of benzene rings is 1. The van der Waals surface area contributed by atoms with Gasteiger partial charge >= 0.3 is 5.69 Å². The number of hydrogen-bond acceptors (Lipinski definition) is 7. The Kier molecular flexibility index (Phi) is 3.76. The molecule has 8 heteroatoms. The summed E-state index contributed by atoms with van der Waals surface area (Å²) in [4.78, 5) is 18.2. The van der Waals surface area contributed by atoms with Crippen molar-refractivity contribution in [3.8, 4) is 0 Å². The third-order valence-electron chi connectivity index (χ3n) is 3.00. The molecule has 0 aliphatic carbocycles. The van der Waals surface area contributed by atoms with Crippen molar-refractivity contribution in [3.63, 3.8) is 0 Å². The summed E-state index contributed by atoms with van der Waals surface area (Å²) in [5, 5.41) is 14.1. The van der Waals surface area contributed by atoms with Gasteiger partial charge in [0.25, 0.3) is 0 Å². The molecule has 1 aromatic carbocycles. The summed E-state index contributed by atoms with van der Waals surface area (Å²) in [6.07, 6.45) is 1.20. The van der Waals surface area contributed by atoms with E-state index >= 15 is 0 Å². The first kappa shape index (κ1) is 13.7. The van der Waals surface area contributed by atoms with Gasteiger partial charge in [0.1, 0.15) is 6.33 Å². The lowest BCUT2D eigenvalue weighted by Gasteiger charge is -2.11. The fraction of sp³-hybridized carbons (Fsp3) is 0.167. The monoisotopic (exact) mass is 274 g/mol. The molecular formula is C12H14N6O2. The molecule has 0 aliphatic heterocycles. The van der Waals surface area contributed by atoms with E-state index in [9.17, 15) is 10.1 Å². The van der Waals surface area contributed by atoms with Crippen molar-refractivity contribution >= 4 is 23.0 Å². The van der Waals surface area contributed by atoms with E-state index in [0.717, 1.165) is 16.8 Å². The van der Waals surface area contributed by atoms with E-state index in [1.165, 1.54) is 6.33 Å². The zero-order valence-corrected chi connectivity index (χ0v) is 11.0. The Balaban J connectivity index is 2.48. The lowest BCUT2D eigenvalue weighted by Crippen LogP contribution is -2.13. The topological polar surface area (TPSA) is 119 Å². The first-order chi connectivity index (χ1) is 9.54. The van der Waals surface area contributed by atoms with Crippen LogP contribution in [0.3, 0.4) is 0 Å². The van der Waals surface area contributed by atoms with Gasteiger partial charge in [-0.3, -0.25) is 10.1 Å². The van der Waals surface area contributed by atoms with Crippen LogP contribution in [0.2, 0.25) is 0 Å². The molecule has 0 radical (unpaired) electrons. The predicted octanol–water partition coefficient (Wildman–Crippen LogP) is 2.03. The molecule has 0 saturated heterocycles. The third-order valence-corrected chi connectivity index (χ3v) is 3.00. The second kappa shape index (κ2) is 5.49. The Hall–Kier alpha value is -2.74. The van der Waals surface area contributed by atoms with Gasteiger partial charge in [0, 0.05) is 5.69 Å². The van der Waals surface area contributed by atoms with Crippen LogP contribution in [0.5, 0.6) is 0 Å². The number of nitrogen functional groups attached to an aromatic ring is 1. The Morgan fingerprint density at radius 2 is 1.95 bits per heavy atom. The second-order valence-corrected chi connectivity index (χ2v) is 4.19. The lowest BCUT2D eigenvalue weighted by atomic mass is 10.1. The maximum Gasteiger partial charge on any atom is 0.354 e. The molecule has 0 bridgehead atoms. The van der Waals surface area contributed by atoms with E-state index in [1.54, 1.807) is 0 Å². The molecule has 0 atom stereocenters. The molecule has 4 N–H and O–H groups in total. The van der Waals surface area contributed by atoms with E-state index in [-0.39, 0.29) is 17.3 Å². The molecule has 0 saturated carbocycles. The Labute approximate surface area is 115 Å². The van der Waals surface area contributed by atoms with E-state index < -0.39 is 4.92 Å². The van der Waals surface area contributed by atoms with Crippen molar-refractivity contribution in [1.29, 1.82) is 0 Å². The summed E-state index contributed by atoms with van der Waals surface area (Å²) >= 11 is 0. The summed E-state index contributed by atoms with van der Waals surface area (Å²) in [5.74, 6) is 5.28. The van der Waals surface area contributed by atoms with Gasteiger partial charge in [0.15, 0.2) is 0 Å². The summed E-state index contributed by atoms with van der Waals surface area (Å²) in [7, 11) is 0. The number of aryl methyl sites for hydroxylation is 1. The molecule has 104 valence electrons. The van der Waals surface area contributed by atoms with Crippen LogP contribution in [0.25, 0.3) is 0 Å². The smallest absolute Gasteiger partial charge is 0.334 e. The zero-order valence-electron chi connectivity index (χ0n) is 11.0. The fourth-order valence-corrected chi connectivity index (χ4v) is 1.76. The minimum absolute atomic E-state index is 0.0437. The fourth-order valence-electron chi connectivity index (χ4n) is 1.76. The minimum atomic E-state index is -0.581. The van der Waals surface area contributed by atoms with Gasteiger partial charge in [-0.1, -0.05) is 12.1 Å². The number of nitro groups is 1. The zero-order chi connectivity index (χ0) is 14.7. The summed E-state index contributed by atoms with van der Waals surface area (Å²) in [6, 6.07) is 5.64. The highest BCUT2D eigenvalue weighted by Crippen LogP contribution is 2.31. The van der Waals surface area contributed by atoms with Crippen LogP contribution in [0, 0.1) is 24.0 Å². The molecule has 20 heavy (non-hydrogen) atoms. The number of anilines is 3. The van der Waals surface area contributed by atoms with Gasteiger partial charge < -0.3 is 10.7 Å². The molecule has 2 aromatic rings. The first-order valence-electron chi connectivity index (χ1n) is 5.84. The molecule has 2 rings (SSSR count). The van der Waals surface area contributed by atoms with Gasteiger partial charge in [0.05, 0.1) is 4.92 Å². The van der Waals surface area contributed by atoms with Crippen molar-refractivity contribution < 1.29 is 4.92 Å². The van der Waals surface area contributed by atoms with Crippen LogP contribution < -0.4 is 16.6 Å². The van der Waals surface area contributed by atoms with Gasteiger partial charge in [-0.25, -0.2) is 15.8 Å². The summed E-state index contributed by atoms with van der Waals surface area (Å²) < 4.78 is 0. The van der Waals surface area contributed by atoms with Crippen LogP contribution in [-0.4, -0.2) is 14.9 Å². The largest absolute Gasteiger partial charge is 0.354 e. The van der Waals surface area contributed by atoms with Gasteiger partial charge in [0.2, 0.25) is 11.6 Å². The molecule has 0 unspecified atom stereocenters. The van der Waals surface area contributed by atoms with E-state index in [1.807, 2.05) is 32.0 Å². The van der Waals surface area contributed by atoms with Gasteiger partial charge in [-0.15, -0.1) is 0 Å². The normalized spacial score (nSPS) is 10.2. The molecule has 0 amide bonds. The highest BCUT2D eigenvalue weighted by molar-refractivity contribution is 5.74. The second-order valence-electron chi connectivity index (χ2n) is 4.19. The van der Waals surface area contributed by atoms with Crippen LogP contribution in [0.15, 0.2) is 24.5 Å². The number of hydrazine groups is 1. The van der Waals surface area contributed by atoms with Crippen molar-refractivity contribution in [1.82, 2.24) is 9.97 Å². The first-order valence-corrected chi connectivity index (χ1v) is 5.84. The number of nitrogens with one attached hydrogen (secondary N) is 2. The van der Waals surface area contributed by atoms with Crippen molar-refractivity contribution in [2.75, 3.05) is 10.7 Å². The molecule has 0 fully saturated rings. The standard InChI is InChI=1S/C12H14N6O2/c1-7-4-3-5-9(8(7)2)16-11-10(18(19)20)12(17-13)15-6-14-11/h3-6H,13H2,1-2H3,(H2,14,15,16,17). The minimum Gasteiger partial charge on any atom is -0.334 e. The average Bonchev–Trinajstić information content (AvgIpc) is 2.43. The number of aromatic nitrogens is 2. The van der Waals surface area contributed by atoms with Crippen molar-refractivity contribution in [2.24, 2.45) is 5.84 Å². The molecule has 8 nitrogen and oxygen atoms in total. The maximum atomic E-state index is 11.1. The quantitative estimate of drug-likeness (QED) is 0.443. The van der Waals surface area contributed by atoms with Crippen LogP contribution >= 0.6 is 0 Å². The van der Waals surface area contributed by atoms with Gasteiger partial charge in [-0.05, 0) is 31.0 Å². The number of nitrogens with two attached hydrogens (primary N) is 1. The Morgan fingerprint density at radius 3 is 2.60 bits per heavy atom. The molecular weight excluding hydrogens is 260 g/mol. The van der Waals surface area contributed by atoms with Crippen LogP contribution in [0.1, 0.15) is 11.1 Å². The Bertz CT molecular complexity index is 658. The molecule has 1 heterocycles. The summed E-state index contributed by atoms with van der Waals surface area (Å²) in [5.41, 5.74) is 4.71. The highest BCUT2D eigenvalue weighted by atomic mass is 16.6. The number of hydrogen-bond donors (Lipinski definition) is 3. The number of nitrogens with zero attached hydrogens (tertiary/aromatic N) is 3. The molecule has 0 aliphatic rings. The van der Waals surface area contributed by atoms with Crippen LogP contribution in [0.4, 0.5) is 23.0 Å². The van der Waals surface area contributed by atoms with E-state index in [2.05, 4.69) is 20.7 Å².